The van der Waals surface area contributed by atoms with Gasteiger partial charge in [0.25, 0.3) is 0 Å². The molecule has 1 N–H and O–H groups in total. The van der Waals surface area contributed by atoms with Crippen LogP contribution in [0, 0.1) is 6.92 Å². The lowest BCUT2D eigenvalue weighted by Gasteiger charge is -2.17. The lowest BCUT2D eigenvalue weighted by molar-refractivity contribution is 0.331. The highest BCUT2D eigenvalue weighted by Gasteiger charge is 2.14. The summed E-state index contributed by atoms with van der Waals surface area (Å²) < 4.78 is 1.84. The summed E-state index contributed by atoms with van der Waals surface area (Å²) in [6, 6.07) is 12.9. The van der Waals surface area contributed by atoms with Gasteiger partial charge in [0.2, 0.25) is 5.95 Å². The van der Waals surface area contributed by atoms with Crippen LogP contribution in [0.1, 0.15) is 24.0 Å². The Morgan fingerprint density at radius 3 is 2.67 bits per heavy atom. The van der Waals surface area contributed by atoms with Gasteiger partial charge in [-0.1, -0.05) is 11.6 Å². The van der Waals surface area contributed by atoms with E-state index < -0.39 is 0 Å². The molecule has 0 unspecified atom stereocenters. The van der Waals surface area contributed by atoms with Gasteiger partial charge in [-0.3, -0.25) is 9.58 Å². The third kappa shape index (κ3) is 4.04. The number of anilines is 2. The highest BCUT2D eigenvalue weighted by Crippen LogP contribution is 2.27. The molecule has 3 heterocycles. The van der Waals surface area contributed by atoms with Crippen molar-refractivity contribution in [1.29, 1.82) is 0 Å². The van der Waals surface area contributed by atoms with Crippen molar-refractivity contribution in [3.8, 4) is 11.1 Å². The summed E-state index contributed by atoms with van der Waals surface area (Å²) in [6.45, 7) is 5.39. The van der Waals surface area contributed by atoms with Gasteiger partial charge < -0.3 is 5.32 Å². The fourth-order valence-corrected chi connectivity index (χ4v) is 4.13. The minimum absolute atomic E-state index is 0.613. The monoisotopic (exact) mass is 398 g/mol. The minimum atomic E-state index is 0.613. The molecule has 6 nitrogen and oxygen atoms in total. The van der Waals surface area contributed by atoms with Crippen LogP contribution < -0.4 is 5.32 Å². The second-order valence-corrected chi connectivity index (χ2v) is 8.19. The molecular weight excluding hydrogens is 372 g/mol. The number of aryl methyl sites for hydroxylation is 2. The maximum absolute atomic E-state index is 4.70. The predicted molar refractivity (Wildman–Crippen MR) is 121 cm³/mol. The Bertz CT molecular complexity index is 1190. The van der Waals surface area contributed by atoms with E-state index in [9.17, 15) is 0 Å². The Morgan fingerprint density at radius 2 is 1.87 bits per heavy atom. The molecule has 0 spiro atoms. The van der Waals surface area contributed by atoms with E-state index in [1.807, 2.05) is 36.4 Å². The van der Waals surface area contributed by atoms with Crippen LogP contribution in [-0.2, 0) is 13.6 Å². The summed E-state index contributed by atoms with van der Waals surface area (Å²) in [6.07, 6.45) is 8.42. The molecule has 6 heteroatoms. The van der Waals surface area contributed by atoms with Crippen LogP contribution in [0.15, 0.2) is 55.0 Å². The Hall–Kier alpha value is -3.25. The summed E-state index contributed by atoms with van der Waals surface area (Å²) in [4.78, 5) is 11.8. The van der Waals surface area contributed by atoms with Gasteiger partial charge in [-0.05, 0) is 74.3 Å². The van der Waals surface area contributed by atoms with Gasteiger partial charge >= 0.3 is 0 Å². The van der Waals surface area contributed by atoms with E-state index in [0.717, 1.165) is 34.3 Å². The third-order valence-corrected chi connectivity index (χ3v) is 5.63. The van der Waals surface area contributed by atoms with Crippen molar-refractivity contribution in [1.82, 2.24) is 24.6 Å². The first-order valence-electron chi connectivity index (χ1n) is 10.5. The van der Waals surface area contributed by atoms with Crippen molar-refractivity contribution in [2.75, 3.05) is 18.4 Å². The van der Waals surface area contributed by atoms with E-state index in [-0.39, 0.29) is 0 Å². The molecule has 5 rings (SSSR count). The molecule has 4 aromatic rings. The lowest BCUT2D eigenvalue weighted by Crippen LogP contribution is -2.18. The topological polar surface area (TPSA) is 58.9 Å². The van der Waals surface area contributed by atoms with E-state index in [1.165, 1.54) is 37.1 Å². The molecule has 0 atom stereocenters. The standard InChI is InChI=1S/C24H26N6/c1-17-5-6-23-20(9-17)13-25-24(28-23)27-22-11-18(15-30-7-3-4-8-30)10-19(12-22)21-14-26-29(2)16-21/h5-6,9-14,16H,3-4,7-8,15H2,1-2H3,(H,25,27,28). The zero-order chi connectivity index (χ0) is 20.5. The fourth-order valence-electron chi connectivity index (χ4n) is 4.13. The molecular formula is C24H26N6. The SMILES string of the molecule is Cc1ccc2nc(Nc3cc(CN4CCCC4)cc(-c4cnn(C)c4)c3)ncc2c1. The van der Waals surface area contributed by atoms with Gasteiger partial charge in [0.05, 0.1) is 11.7 Å². The summed E-state index contributed by atoms with van der Waals surface area (Å²) in [5, 5.41) is 8.82. The van der Waals surface area contributed by atoms with Crippen molar-refractivity contribution in [3.63, 3.8) is 0 Å². The number of nitrogens with zero attached hydrogens (tertiary/aromatic N) is 5. The van der Waals surface area contributed by atoms with Crippen LogP contribution in [0.3, 0.4) is 0 Å². The Balaban J connectivity index is 1.48. The van der Waals surface area contributed by atoms with E-state index in [4.69, 9.17) is 4.98 Å². The number of rotatable bonds is 5. The molecule has 1 aliphatic rings. The number of nitrogens with one attached hydrogen (secondary N) is 1. The van der Waals surface area contributed by atoms with Crippen LogP contribution in [0.4, 0.5) is 11.6 Å². The molecule has 1 aliphatic heterocycles. The summed E-state index contributed by atoms with van der Waals surface area (Å²) in [7, 11) is 1.95. The molecule has 1 fully saturated rings. The average molecular weight is 399 g/mol. The minimum Gasteiger partial charge on any atom is -0.324 e. The molecule has 30 heavy (non-hydrogen) atoms. The van der Waals surface area contributed by atoms with E-state index in [2.05, 4.69) is 57.6 Å². The average Bonchev–Trinajstić information content (AvgIpc) is 3.40. The van der Waals surface area contributed by atoms with Crippen LogP contribution >= 0.6 is 0 Å². The largest absolute Gasteiger partial charge is 0.324 e. The normalized spacial score (nSPS) is 14.5. The van der Waals surface area contributed by atoms with Crippen molar-refractivity contribution in [2.24, 2.45) is 7.05 Å². The number of fused-ring (bicyclic) bond motifs is 1. The first-order valence-corrected chi connectivity index (χ1v) is 10.5. The van der Waals surface area contributed by atoms with Gasteiger partial charge in [0.1, 0.15) is 0 Å². The number of likely N-dealkylation sites (tertiary alicyclic amines) is 1. The molecule has 0 amide bonds. The van der Waals surface area contributed by atoms with Crippen LogP contribution in [-0.4, -0.2) is 37.7 Å². The van der Waals surface area contributed by atoms with E-state index >= 15 is 0 Å². The zero-order valence-corrected chi connectivity index (χ0v) is 17.5. The van der Waals surface area contributed by atoms with E-state index in [0.29, 0.717) is 5.95 Å². The third-order valence-electron chi connectivity index (χ3n) is 5.63. The first-order chi connectivity index (χ1) is 14.6. The molecule has 152 valence electrons. The van der Waals surface area contributed by atoms with Crippen molar-refractivity contribution in [3.05, 3.63) is 66.1 Å². The van der Waals surface area contributed by atoms with Gasteiger partial charge in [-0.2, -0.15) is 5.10 Å². The molecule has 0 saturated carbocycles. The van der Waals surface area contributed by atoms with Crippen molar-refractivity contribution >= 4 is 22.5 Å². The van der Waals surface area contributed by atoms with Gasteiger partial charge in [-0.25, -0.2) is 9.97 Å². The number of hydrogen-bond donors (Lipinski definition) is 1. The highest BCUT2D eigenvalue weighted by molar-refractivity contribution is 5.80. The Kier molecular flexibility index (Phi) is 4.93. The zero-order valence-electron chi connectivity index (χ0n) is 17.5. The number of aromatic nitrogens is 4. The first kappa shape index (κ1) is 18.8. The lowest BCUT2D eigenvalue weighted by atomic mass is 10.0. The predicted octanol–water partition coefficient (Wildman–Crippen LogP) is 4.68. The van der Waals surface area contributed by atoms with Crippen molar-refractivity contribution in [2.45, 2.75) is 26.3 Å². The van der Waals surface area contributed by atoms with Gasteiger partial charge in [0.15, 0.2) is 0 Å². The number of hydrogen-bond acceptors (Lipinski definition) is 5. The molecule has 0 aliphatic carbocycles. The fraction of sp³-hybridized carbons (Fsp3) is 0.292. The molecule has 2 aromatic heterocycles. The summed E-state index contributed by atoms with van der Waals surface area (Å²) in [5.74, 6) is 0.613. The smallest absolute Gasteiger partial charge is 0.227 e. The van der Waals surface area contributed by atoms with Crippen LogP contribution in [0.25, 0.3) is 22.0 Å². The Labute approximate surface area is 176 Å². The molecule has 0 radical (unpaired) electrons. The van der Waals surface area contributed by atoms with E-state index in [1.54, 1.807) is 0 Å². The molecule has 2 aromatic carbocycles. The number of benzene rings is 2. The van der Waals surface area contributed by atoms with Crippen LogP contribution in [0.2, 0.25) is 0 Å². The summed E-state index contributed by atoms with van der Waals surface area (Å²) in [5.41, 5.74) is 6.70. The van der Waals surface area contributed by atoms with Gasteiger partial charge in [-0.15, -0.1) is 0 Å². The Morgan fingerprint density at radius 1 is 1.00 bits per heavy atom. The van der Waals surface area contributed by atoms with Gasteiger partial charge in [0, 0.05) is 42.6 Å². The maximum Gasteiger partial charge on any atom is 0.227 e. The van der Waals surface area contributed by atoms with Crippen LogP contribution in [0.5, 0.6) is 0 Å². The molecule has 0 bridgehead atoms. The summed E-state index contributed by atoms with van der Waals surface area (Å²) >= 11 is 0. The quantitative estimate of drug-likeness (QED) is 0.529. The maximum atomic E-state index is 4.70. The van der Waals surface area contributed by atoms with Crippen molar-refractivity contribution < 1.29 is 0 Å². The second kappa shape index (κ2) is 7.88. The second-order valence-electron chi connectivity index (χ2n) is 8.19. The highest BCUT2D eigenvalue weighted by atomic mass is 15.2. The molecule has 1 saturated heterocycles.